The molecule has 0 atom stereocenters. The van der Waals surface area contributed by atoms with Crippen LogP contribution in [0, 0.1) is 10.1 Å². The van der Waals surface area contributed by atoms with Gasteiger partial charge in [-0.25, -0.2) is 4.98 Å². The van der Waals surface area contributed by atoms with Gasteiger partial charge >= 0.3 is 0 Å². The topological polar surface area (TPSA) is 122 Å². The van der Waals surface area contributed by atoms with Gasteiger partial charge in [0.05, 0.1) is 33.6 Å². The fraction of sp³-hybridized carbons (Fsp3) is 0.0645. The molecule has 0 aliphatic heterocycles. The summed E-state index contributed by atoms with van der Waals surface area (Å²) < 4.78 is 19.3. The van der Waals surface area contributed by atoms with E-state index in [1.54, 1.807) is 72.8 Å². The van der Waals surface area contributed by atoms with Crippen LogP contribution in [0.3, 0.4) is 0 Å². The molecule has 0 amide bonds. The van der Waals surface area contributed by atoms with Crippen molar-refractivity contribution in [3.8, 4) is 23.1 Å². The van der Waals surface area contributed by atoms with E-state index in [1.165, 1.54) is 30.1 Å². The van der Waals surface area contributed by atoms with Gasteiger partial charge in [0.2, 0.25) is 5.82 Å². The molecule has 4 aromatic carbocycles. The van der Waals surface area contributed by atoms with Gasteiger partial charge in [-0.3, -0.25) is 14.9 Å². The van der Waals surface area contributed by atoms with Crippen molar-refractivity contribution in [2.24, 2.45) is 5.10 Å². The van der Waals surface area contributed by atoms with Gasteiger partial charge in [0.25, 0.3) is 11.2 Å². The van der Waals surface area contributed by atoms with Gasteiger partial charge in [-0.2, -0.15) is 9.78 Å². The Hall–Kier alpha value is -5.00. The smallest absolute Gasteiger partial charge is 0.282 e. The molecule has 0 aliphatic carbocycles. The van der Waals surface area contributed by atoms with Crippen LogP contribution in [0.4, 0.5) is 5.69 Å². The maximum Gasteiger partial charge on any atom is 0.282 e. The predicted molar refractivity (Wildman–Crippen MR) is 167 cm³/mol. The molecule has 214 valence electrons. The van der Waals surface area contributed by atoms with E-state index in [2.05, 4.69) is 21.0 Å². The van der Waals surface area contributed by atoms with Gasteiger partial charge in [0.15, 0.2) is 17.3 Å². The van der Waals surface area contributed by atoms with Gasteiger partial charge in [0, 0.05) is 22.5 Å². The molecule has 6 rings (SSSR count). The lowest BCUT2D eigenvalue weighted by Gasteiger charge is -2.13. The zero-order chi connectivity index (χ0) is 30.1. The number of non-ortho nitro benzene ring substituents is 1. The Labute approximate surface area is 257 Å². The van der Waals surface area contributed by atoms with Crippen LogP contribution < -0.4 is 15.0 Å². The summed E-state index contributed by atoms with van der Waals surface area (Å²) in [4.78, 5) is 28.9. The van der Waals surface area contributed by atoms with Gasteiger partial charge in [-0.1, -0.05) is 35.9 Å². The summed E-state index contributed by atoms with van der Waals surface area (Å²) in [6.45, 7) is 0.0777. The average molecular weight is 660 g/mol. The van der Waals surface area contributed by atoms with Gasteiger partial charge in [-0.05, 0) is 75.6 Å². The number of para-hydroxylation sites is 1. The van der Waals surface area contributed by atoms with E-state index in [9.17, 15) is 14.9 Å². The Morgan fingerprint density at radius 2 is 1.93 bits per heavy atom. The number of nitro benzene ring substituents is 1. The summed E-state index contributed by atoms with van der Waals surface area (Å²) in [5.74, 6) is 1.35. The Bertz CT molecular complexity index is 2120. The average Bonchev–Trinajstić information content (AvgIpc) is 3.43. The predicted octanol–water partition coefficient (Wildman–Crippen LogP) is 7.60. The number of methoxy groups -OCH3 is 1. The lowest BCUT2D eigenvalue weighted by atomic mass is 10.2. The van der Waals surface area contributed by atoms with E-state index in [4.69, 9.17) is 30.5 Å². The second-order valence-electron chi connectivity index (χ2n) is 9.36. The molecule has 0 N–H and O–H groups in total. The number of hydrogen-bond donors (Lipinski definition) is 0. The first kappa shape index (κ1) is 28.1. The first-order chi connectivity index (χ1) is 20.8. The van der Waals surface area contributed by atoms with Gasteiger partial charge in [-0.15, -0.1) is 0 Å². The lowest BCUT2D eigenvalue weighted by Crippen LogP contribution is -2.20. The fourth-order valence-electron chi connectivity index (χ4n) is 4.51. The van der Waals surface area contributed by atoms with Crippen molar-refractivity contribution in [2.75, 3.05) is 7.11 Å². The Morgan fingerprint density at radius 1 is 1.09 bits per heavy atom. The quantitative estimate of drug-likeness (QED) is 0.0937. The van der Waals surface area contributed by atoms with E-state index in [-0.39, 0.29) is 23.7 Å². The monoisotopic (exact) mass is 658 g/mol. The first-order valence-corrected chi connectivity index (χ1v) is 14.0. The number of halogens is 2. The zero-order valence-corrected chi connectivity index (χ0v) is 24.7. The third kappa shape index (κ3) is 5.72. The molecule has 0 aliphatic rings. The number of aromatic nitrogens is 2. The molecule has 10 nitrogen and oxygen atoms in total. The number of nitrogens with zero attached hydrogens (tertiary/aromatic N) is 4. The fourth-order valence-corrected chi connectivity index (χ4v) is 5.26. The van der Waals surface area contributed by atoms with Crippen LogP contribution in [0.5, 0.6) is 11.5 Å². The molecule has 0 unspecified atom stereocenters. The minimum absolute atomic E-state index is 0.0251. The molecule has 0 radical (unpaired) electrons. The number of hydrogen-bond acceptors (Lipinski definition) is 8. The molecule has 2 heterocycles. The van der Waals surface area contributed by atoms with Crippen LogP contribution in [-0.2, 0) is 6.61 Å². The highest BCUT2D eigenvalue weighted by Gasteiger charge is 2.17. The van der Waals surface area contributed by atoms with Gasteiger partial charge < -0.3 is 13.9 Å². The largest absolute Gasteiger partial charge is 0.493 e. The molecule has 0 spiro atoms. The van der Waals surface area contributed by atoms with Crippen LogP contribution in [-0.4, -0.2) is 27.9 Å². The molecule has 0 saturated heterocycles. The second-order valence-corrected chi connectivity index (χ2v) is 10.6. The van der Waals surface area contributed by atoms with Crippen LogP contribution in [0.25, 0.3) is 33.5 Å². The van der Waals surface area contributed by atoms with E-state index in [0.717, 1.165) is 5.39 Å². The molecule has 12 heteroatoms. The van der Waals surface area contributed by atoms with Crippen molar-refractivity contribution in [1.29, 1.82) is 0 Å². The van der Waals surface area contributed by atoms with Crippen LogP contribution in [0.2, 0.25) is 5.02 Å². The number of fused-ring (bicyclic) bond motifs is 2. The molecule has 0 bridgehead atoms. The lowest BCUT2D eigenvalue weighted by molar-refractivity contribution is -0.384. The number of furan rings is 1. The standard InChI is InChI=1S/C31H20BrClN4O6/c1-41-27-13-19(12-24(32)29(27)42-17-18-5-4-6-22(11-18)37(39)40)16-34-36-30(35-25-8-3-2-7-23(25)31(36)38)28-15-20-14-21(33)9-10-26(20)43-28/h2-16H,17H2,1H3. The highest BCUT2D eigenvalue weighted by Crippen LogP contribution is 2.37. The minimum Gasteiger partial charge on any atom is -0.493 e. The molecular weight excluding hydrogens is 640 g/mol. The van der Waals surface area contributed by atoms with E-state index in [0.29, 0.717) is 54.4 Å². The number of benzene rings is 4. The first-order valence-electron chi connectivity index (χ1n) is 12.8. The van der Waals surface area contributed by atoms with Crippen molar-refractivity contribution >= 4 is 61.3 Å². The number of ether oxygens (including phenoxy) is 2. The molecule has 6 aromatic rings. The second kappa shape index (κ2) is 11.7. The summed E-state index contributed by atoms with van der Waals surface area (Å²) in [5, 5.41) is 17.3. The Morgan fingerprint density at radius 3 is 2.74 bits per heavy atom. The van der Waals surface area contributed by atoms with E-state index < -0.39 is 4.92 Å². The zero-order valence-electron chi connectivity index (χ0n) is 22.4. The summed E-state index contributed by atoms with van der Waals surface area (Å²) in [6.07, 6.45) is 1.50. The third-order valence-corrected chi connectivity index (χ3v) is 7.36. The SMILES string of the molecule is COc1cc(C=Nn2c(-c3cc4cc(Cl)ccc4o3)nc3ccccc3c2=O)cc(Br)c1OCc1cccc([N+](=O)[O-])c1. The van der Waals surface area contributed by atoms with Crippen molar-refractivity contribution in [1.82, 2.24) is 9.66 Å². The summed E-state index contributed by atoms with van der Waals surface area (Å²) >= 11 is 9.68. The summed E-state index contributed by atoms with van der Waals surface area (Å²) in [6, 6.07) is 23.6. The number of rotatable bonds is 8. The van der Waals surface area contributed by atoms with Crippen LogP contribution in [0.1, 0.15) is 11.1 Å². The minimum atomic E-state index is -0.459. The maximum absolute atomic E-state index is 13.6. The highest BCUT2D eigenvalue weighted by molar-refractivity contribution is 9.10. The molecule has 2 aromatic heterocycles. The van der Waals surface area contributed by atoms with Crippen molar-refractivity contribution in [2.45, 2.75) is 6.61 Å². The van der Waals surface area contributed by atoms with Crippen molar-refractivity contribution < 1.29 is 18.8 Å². The molecule has 43 heavy (non-hydrogen) atoms. The van der Waals surface area contributed by atoms with Crippen LogP contribution in [0.15, 0.2) is 104 Å². The van der Waals surface area contributed by atoms with Gasteiger partial charge in [0.1, 0.15) is 12.2 Å². The molecular formula is C31H20BrClN4O6. The number of nitro groups is 1. The van der Waals surface area contributed by atoms with Crippen LogP contribution >= 0.6 is 27.5 Å². The molecule has 0 saturated carbocycles. The Kier molecular flexibility index (Phi) is 7.66. The highest BCUT2D eigenvalue weighted by atomic mass is 79.9. The van der Waals surface area contributed by atoms with Crippen molar-refractivity contribution in [3.05, 3.63) is 126 Å². The third-order valence-electron chi connectivity index (χ3n) is 6.53. The van der Waals surface area contributed by atoms with Crippen molar-refractivity contribution in [3.63, 3.8) is 0 Å². The summed E-state index contributed by atoms with van der Waals surface area (Å²) in [7, 11) is 1.49. The normalized spacial score (nSPS) is 11.4. The summed E-state index contributed by atoms with van der Waals surface area (Å²) in [5.41, 5.74) is 1.90. The van der Waals surface area contributed by atoms with E-state index in [1.807, 2.05) is 0 Å². The Balaban J connectivity index is 1.37. The molecule has 0 fully saturated rings. The maximum atomic E-state index is 13.6. The van der Waals surface area contributed by atoms with E-state index >= 15 is 0 Å².